The van der Waals surface area contributed by atoms with Crippen molar-refractivity contribution in [3.63, 3.8) is 0 Å². The van der Waals surface area contributed by atoms with Crippen LogP contribution in [0.3, 0.4) is 0 Å². The van der Waals surface area contributed by atoms with Crippen molar-refractivity contribution >= 4 is 46.1 Å². The third-order valence-corrected chi connectivity index (χ3v) is 7.95. The van der Waals surface area contributed by atoms with Gasteiger partial charge >= 0.3 is 0 Å². The first kappa shape index (κ1) is 22.3. The molecule has 4 heterocycles. The number of nitrogens with zero attached hydrogens (tertiary/aromatic N) is 4. The maximum absolute atomic E-state index is 11.7. The summed E-state index contributed by atoms with van der Waals surface area (Å²) in [5, 5.41) is 10.6. The molecule has 1 saturated heterocycles. The summed E-state index contributed by atoms with van der Waals surface area (Å²) in [6, 6.07) is 5.92. The molecule has 0 saturated carbocycles. The molecule has 2 aliphatic rings. The van der Waals surface area contributed by atoms with Gasteiger partial charge in [-0.15, -0.1) is 0 Å². The minimum atomic E-state index is -0.419. The number of nitrogens with two attached hydrogens (primary N) is 1. The van der Waals surface area contributed by atoms with Gasteiger partial charge in [-0.25, -0.2) is 9.97 Å². The van der Waals surface area contributed by atoms with Crippen molar-refractivity contribution in [3.05, 3.63) is 35.0 Å². The summed E-state index contributed by atoms with van der Waals surface area (Å²) in [4.78, 5) is 23.4. The van der Waals surface area contributed by atoms with E-state index in [0.29, 0.717) is 42.0 Å². The van der Waals surface area contributed by atoms with Crippen LogP contribution in [0.25, 0.3) is 11.0 Å². The first-order chi connectivity index (χ1) is 16.0. The molecule has 0 radical (unpaired) electrons. The Kier molecular flexibility index (Phi) is 6.36. The maximum atomic E-state index is 11.7. The molecule has 3 N–H and O–H groups in total. The Morgan fingerprint density at radius 1 is 1.33 bits per heavy atom. The summed E-state index contributed by atoms with van der Waals surface area (Å²) >= 11 is 8.10. The highest BCUT2D eigenvalue weighted by Gasteiger charge is 2.24. The van der Waals surface area contributed by atoms with E-state index in [1.807, 2.05) is 18.2 Å². The summed E-state index contributed by atoms with van der Waals surface area (Å²) < 4.78 is 7.92. The fraction of sp³-hybridized carbons (Fsp3) is 0.435. The first-order valence-electron chi connectivity index (χ1n) is 11.2. The van der Waals surface area contributed by atoms with Gasteiger partial charge in [0.05, 0.1) is 17.1 Å². The van der Waals surface area contributed by atoms with Crippen molar-refractivity contribution < 1.29 is 14.6 Å². The van der Waals surface area contributed by atoms with Gasteiger partial charge in [0.15, 0.2) is 11.0 Å². The molecule has 0 aliphatic carbocycles. The quantitative estimate of drug-likeness (QED) is 0.549. The van der Waals surface area contributed by atoms with Crippen molar-refractivity contribution in [2.75, 3.05) is 32.0 Å². The van der Waals surface area contributed by atoms with Crippen molar-refractivity contribution in [1.82, 2.24) is 19.4 Å². The number of imidazole rings is 1. The average molecular weight is 488 g/mol. The van der Waals surface area contributed by atoms with Crippen LogP contribution in [0.2, 0.25) is 5.02 Å². The molecular formula is C23H26ClN5O3S. The third-order valence-electron chi connectivity index (χ3n) is 6.47. The number of amides is 1. The van der Waals surface area contributed by atoms with Crippen LogP contribution in [0, 0.1) is 5.92 Å². The number of aryl methyl sites for hydroxylation is 1. The van der Waals surface area contributed by atoms with E-state index in [-0.39, 0.29) is 5.91 Å². The predicted octanol–water partition coefficient (Wildman–Crippen LogP) is 3.37. The van der Waals surface area contributed by atoms with E-state index in [0.717, 1.165) is 59.1 Å². The zero-order valence-electron chi connectivity index (χ0n) is 18.2. The zero-order valence-corrected chi connectivity index (χ0v) is 19.7. The van der Waals surface area contributed by atoms with Crippen LogP contribution in [0.1, 0.15) is 24.8 Å². The Labute approximate surface area is 201 Å². The first-order valence-corrected chi connectivity index (χ1v) is 12.4. The van der Waals surface area contributed by atoms with Gasteiger partial charge in [0.2, 0.25) is 5.91 Å². The molecule has 5 rings (SSSR count). The molecule has 2 aliphatic heterocycles. The molecule has 3 aromatic rings. The van der Waals surface area contributed by atoms with Gasteiger partial charge in [-0.05, 0) is 60.7 Å². The second-order valence-electron chi connectivity index (χ2n) is 8.47. The molecule has 33 heavy (non-hydrogen) atoms. The van der Waals surface area contributed by atoms with Gasteiger partial charge in [-0.1, -0.05) is 11.6 Å². The van der Waals surface area contributed by atoms with E-state index in [1.54, 1.807) is 11.1 Å². The standard InChI is InChI=1S/C23H26ClN5O3S/c24-16-11-15-5-10-32-18(15)12-19(16)33-23-27-21-17(1-6-26-22(21)25)29(23)9-4-14-2-7-28(8-3-14)20(31)13-30/h1,6,11-12,14,30H,2-5,7-10,13H2,(H2,25,26). The van der Waals surface area contributed by atoms with Gasteiger partial charge in [0.1, 0.15) is 17.9 Å². The average Bonchev–Trinajstić information content (AvgIpc) is 3.42. The zero-order chi connectivity index (χ0) is 22.9. The van der Waals surface area contributed by atoms with Gasteiger partial charge < -0.3 is 25.0 Å². The third kappa shape index (κ3) is 4.49. The molecule has 0 unspecified atom stereocenters. The van der Waals surface area contributed by atoms with Crippen molar-refractivity contribution in [2.24, 2.45) is 5.92 Å². The topological polar surface area (TPSA) is 107 Å². The molecule has 174 valence electrons. The lowest BCUT2D eigenvalue weighted by Crippen LogP contribution is -2.40. The summed E-state index contributed by atoms with van der Waals surface area (Å²) in [5.41, 5.74) is 8.91. The predicted molar refractivity (Wildman–Crippen MR) is 128 cm³/mol. The number of aliphatic hydroxyl groups excluding tert-OH is 1. The molecule has 8 nitrogen and oxygen atoms in total. The molecule has 1 fully saturated rings. The van der Waals surface area contributed by atoms with Gasteiger partial charge in [-0.3, -0.25) is 4.79 Å². The number of piperidine rings is 1. The molecular weight excluding hydrogens is 462 g/mol. The van der Waals surface area contributed by atoms with Crippen LogP contribution >= 0.6 is 23.4 Å². The van der Waals surface area contributed by atoms with E-state index in [4.69, 9.17) is 32.2 Å². The minimum absolute atomic E-state index is 0.189. The molecule has 1 aromatic carbocycles. The highest BCUT2D eigenvalue weighted by molar-refractivity contribution is 7.99. The molecule has 0 bridgehead atoms. The second kappa shape index (κ2) is 9.40. The number of ether oxygens (including phenoxy) is 1. The number of likely N-dealkylation sites (tertiary alicyclic amines) is 1. The molecule has 10 heteroatoms. The number of carbonyl (C=O) groups excluding carboxylic acids is 1. The molecule has 0 atom stereocenters. The van der Waals surface area contributed by atoms with E-state index in [1.165, 1.54) is 11.8 Å². The molecule has 2 aromatic heterocycles. The summed E-state index contributed by atoms with van der Waals surface area (Å²) in [5.74, 6) is 1.60. The number of hydrogen-bond acceptors (Lipinski definition) is 7. The van der Waals surface area contributed by atoms with Gasteiger partial charge in [0.25, 0.3) is 0 Å². The fourth-order valence-corrected chi connectivity index (χ4v) is 5.84. The molecule has 1 amide bonds. The van der Waals surface area contributed by atoms with Crippen LogP contribution in [0.5, 0.6) is 5.75 Å². The monoisotopic (exact) mass is 487 g/mol. The largest absolute Gasteiger partial charge is 0.493 e. The van der Waals surface area contributed by atoms with Crippen molar-refractivity contribution in [3.8, 4) is 5.75 Å². The van der Waals surface area contributed by atoms with E-state index in [2.05, 4.69) is 9.55 Å². The Bertz CT molecular complexity index is 1190. The highest BCUT2D eigenvalue weighted by Crippen LogP contribution is 2.40. The number of halogens is 1. The Hall–Kier alpha value is -2.49. The number of anilines is 1. The van der Waals surface area contributed by atoms with E-state index < -0.39 is 6.61 Å². The van der Waals surface area contributed by atoms with Crippen LogP contribution in [0.4, 0.5) is 5.82 Å². The second-order valence-corrected chi connectivity index (χ2v) is 9.89. The Morgan fingerprint density at radius 3 is 2.94 bits per heavy atom. The number of aliphatic hydroxyl groups is 1. The number of benzene rings is 1. The number of nitrogen functional groups attached to an aromatic ring is 1. The Balaban J connectivity index is 1.38. The molecule has 0 spiro atoms. The number of fused-ring (bicyclic) bond motifs is 2. The number of rotatable bonds is 6. The summed E-state index contributed by atoms with van der Waals surface area (Å²) in [7, 11) is 0. The lowest BCUT2D eigenvalue weighted by atomic mass is 9.93. The lowest BCUT2D eigenvalue weighted by Gasteiger charge is -2.31. The maximum Gasteiger partial charge on any atom is 0.248 e. The van der Waals surface area contributed by atoms with E-state index in [9.17, 15) is 4.79 Å². The number of hydrogen-bond donors (Lipinski definition) is 2. The van der Waals surface area contributed by atoms with Gasteiger partial charge in [-0.2, -0.15) is 0 Å². The Morgan fingerprint density at radius 2 is 2.15 bits per heavy atom. The van der Waals surface area contributed by atoms with Crippen LogP contribution in [-0.4, -0.2) is 56.8 Å². The summed E-state index contributed by atoms with van der Waals surface area (Å²) in [6.45, 7) is 2.43. The SMILES string of the molecule is Nc1nccc2c1nc(Sc1cc3c(cc1Cl)CCO3)n2CCC1CCN(C(=O)CO)CC1. The van der Waals surface area contributed by atoms with Crippen molar-refractivity contribution in [2.45, 2.75) is 42.3 Å². The highest BCUT2D eigenvalue weighted by atomic mass is 35.5. The minimum Gasteiger partial charge on any atom is -0.493 e. The van der Waals surface area contributed by atoms with Crippen LogP contribution in [0.15, 0.2) is 34.4 Å². The number of carbonyl (C=O) groups is 1. The van der Waals surface area contributed by atoms with Crippen LogP contribution < -0.4 is 10.5 Å². The van der Waals surface area contributed by atoms with Gasteiger partial charge in [0, 0.05) is 37.1 Å². The van der Waals surface area contributed by atoms with Crippen molar-refractivity contribution in [1.29, 1.82) is 0 Å². The van der Waals surface area contributed by atoms with Crippen LogP contribution in [-0.2, 0) is 17.8 Å². The summed E-state index contributed by atoms with van der Waals surface area (Å²) in [6.07, 6.45) is 5.41. The lowest BCUT2D eigenvalue weighted by molar-refractivity contribution is -0.135. The smallest absolute Gasteiger partial charge is 0.248 e. The number of pyridine rings is 1. The fourth-order valence-electron chi connectivity index (χ4n) is 4.58. The number of aromatic nitrogens is 3. The van der Waals surface area contributed by atoms with E-state index >= 15 is 0 Å². The normalized spacial score (nSPS) is 16.2.